The van der Waals surface area contributed by atoms with Crippen LogP contribution in [0.2, 0.25) is 0 Å². The molecule has 0 saturated carbocycles. The van der Waals surface area contributed by atoms with Crippen molar-refractivity contribution in [3.63, 3.8) is 0 Å². The average molecular weight is 458 g/mol. The van der Waals surface area contributed by atoms with Gasteiger partial charge in [-0.3, -0.25) is 9.59 Å². The van der Waals surface area contributed by atoms with Gasteiger partial charge in [-0.25, -0.2) is 9.07 Å². The number of amides is 2. The lowest BCUT2D eigenvalue weighted by atomic mass is 10.1. The standard InChI is InChI=1S/C26H24FN5O2/c27-22-10-8-19(9-11-22)15-28-25(34)20-14-24(33)31(17-20)18-21-16-29-32(23-6-2-1-3-7-23)26(21)30-12-4-5-13-30/h1-13,16,20H,14-15,17-18H2,(H,28,34)/t20-/m0/s1. The lowest BCUT2D eigenvalue weighted by Gasteiger charge is -2.18. The number of halogens is 1. The second-order valence-corrected chi connectivity index (χ2v) is 8.35. The first kappa shape index (κ1) is 21.6. The van der Waals surface area contributed by atoms with E-state index in [2.05, 4.69) is 10.4 Å². The highest BCUT2D eigenvalue weighted by Gasteiger charge is 2.35. The van der Waals surface area contributed by atoms with E-state index in [1.165, 1.54) is 12.1 Å². The number of aromatic nitrogens is 3. The average Bonchev–Trinajstić information content (AvgIpc) is 3.60. The van der Waals surface area contributed by atoms with Crippen LogP contribution in [0.1, 0.15) is 17.5 Å². The topological polar surface area (TPSA) is 72.2 Å². The Bertz CT molecular complexity index is 1280. The van der Waals surface area contributed by atoms with Crippen LogP contribution in [0.3, 0.4) is 0 Å². The minimum Gasteiger partial charge on any atom is -0.352 e. The molecule has 3 heterocycles. The molecule has 1 aliphatic heterocycles. The third-order valence-corrected chi connectivity index (χ3v) is 5.99. The smallest absolute Gasteiger partial charge is 0.225 e. The number of likely N-dealkylation sites (tertiary alicyclic amines) is 1. The molecule has 34 heavy (non-hydrogen) atoms. The second-order valence-electron chi connectivity index (χ2n) is 8.35. The van der Waals surface area contributed by atoms with Crippen molar-refractivity contribution in [3.8, 4) is 11.5 Å². The molecule has 2 aromatic heterocycles. The van der Waals surface area contributed by atoms with Crippen LogP contribution in [-0.2, 0) is 22.7 Å². The summed E-state index contributed by atoms with van der Waals surface area (Å²) < 4.78 is 16.9. The van der Waals surface area contributed by atoms with Crippen LogP contribution in [-0.4, -0.2) is 37.6 Å². The zero-order valence-corrected chi connectivity index (χ0v) is 18.5. The quantitative estimate of drug-likeness (QED) is 0.462. The van der Waals surface area contributed by atoms with Gasteiger partial charge in [0, 0.05) is 37.5 Å². The van der Waals surface area contributed by atoms with Gasteiger partial charge in [0.2, 0.25) is 11.8 Å². The van der Waals surface area contributed by atoms with Gasteiger partial charge in [0.25, 0.3) is 0 Å². The van der Waals surface area contributed by atoms with Crippen molar-refractivity contribution in [1.82, 2.24) is 24.6 Å². The minimum absolute atomic E-state index is 0.0622. The highest BCUT2D eigenvalue weighted by molar-refractivity contribution is 5.89. The summed E-state index contributed by atoms with van der Waals surface area (Å²) in [6.45, 7) is 1.00. The highest BCUT2D eigenvalue weighted by Crippen LogP contribution is 2.25. The van der Waals surface area contributed by atoms with Gasteiger partial charge < -0.3 is 14.8 Å². The van der Waals surface area contributed by atoms with Gasteiger partial charge in [-0.15, -0.1) is 0 Å². The molecule has 1 fully saturated rings. The molecule has 4 aromatic rings. The summed E-state index contributed by atoms with van der Waals surface area (Å²) in [5.41, 5.74) is 2.62. The number of nitrogens with zero attached hydrogens (tertiary/aromatic N) is 4. The molecule has 1 atom stereocenters. The molecule has 2 amide bonds. The molecule has 0 spiro atoms. The maximum absolute atomic E-state index is 13.1. The normalized spacial score (nSPS) is 15.6. The number of carbonyl (C=O) groups excluding carboxylic acids is 2. The van der Waals surface area contributed by atoms with Crippen LogP contribution in [0.5, 0.6) is 0 Å². The van der Waals surface area contributed by atoms with Gasteiger partial charge in [-0.2, -0.15) is 5.10 Å². The third-order valence-electron chi connectivity index (χ3n) is 5.99. The number of carbonyl (C=O) groups is 2. The molecule has 0 aliphatic carbocycles. The van der Waals surface area contributed by atoms with Crippen molar-refractivity contribution in [2.45, 2.75) is 19.5 Å². The predicted octanol–water partition coefficient (Wildman–Crippen LogP) is 3.47. The first-order valence-electron chi connectivity index (χ1n) is 11.1. The van der Waals surface area contributed by atoms with Gasteiger partial charge in [0.05, 0.1) is 24.3 Å². The molecule has 1 N–H and O–H groups in total. The van der Waals surface area contributed by atoms with Crippen molar-refractivity contribution in [2.75, 3.05) is 6.54 Å². The summed E-state index contributed by atoms with van der Waals surface area (Å²) >= 11 is 0. The Balaban J connectivity index is 1.30. The number of benzene rings is 2. The van der Waals surface area contributed by atoms with Crippen molar-refractivity contribution in [1.29, 1.82) is 0 Å². The van der Waals surface area contributed by atoms with E-state index in [1.54, 1.807) is 23.2 Å². The summed E-state index contributed by atoms with van der Waals surface area (Å²) in [5.74, 6) is -0.124. The molecular formula is C26H24FN5O2. The van der Waals surface area contributed by atoms with E-state index in [-0.39, 0.29) is 24.1 Å². The number of nitrogens with one attached hydrogen (secondary N) is 1. The Morgan fingerprint density at radius 2 is 1.76 bits per heavy atom. The SMILES string of the molecule is O=C(NCc1ccc(F)cc1)[C@H]1CC(=O)N(Cc2cnn(-c3ccccc3)c2-n2cccc2)C1. The first-order valence-corrected chi connectivity index (χ1v) is 11.1. The number of para-hydroxylation sites is 1. The number of hydrogen-bond acceptors (Lipinski definition) is 3. The Kier molecular flexibility index (Phi) is 5.95. The van der Waals surface area contributed by atoms with E-state index in [4.69, 9.17) is 0 Å². The molecule has 0 radical (unpaired) electrons. The van der Waals surface area contributed by atoms with Crippen molar-refractivity contribution in [3.05, 3.63) is 102 Å². The third kappa shape index (κ3) is 4.47. The van der Waals surface area contributed by atoms with Crippen LogP contribution in [0.4, 0.5) is 4.39 Å². The Morgan fingerprint density at radius 3 is 2.50 bits per heavy atom. The zero-order chi connectivity index (χ0) is 23.5. The van der Waals surface area contributed by atoms with E-state index in [0.29, 0.717) is 19.6 Å². The van der Waals surface area contributed by atoms with Gasteiger partial charge in [-0.1, -0.05) is 30.3 Å². The van der Waals surface area contributed by atoms with Crippen molar-refractivity contribution in [2.24, 2.45) is 5.92 Å². The van der Waals surface area contributed by atoms with Crippen molar-refractivity contribution >= 4 is 11.8 Å². The fraction of sp³-hybridized carbons (Fsp3) is 0.192. The van der Waals surface area contributed by atoms with Crippen LogP contribution < -0.4 is 5.32 Å². The minimum atomic E-state index is -0.424. The molecular weight excluding hydrogens is 433 g/mol. The summed E-state index contributed by atoms with van der Waals surface area (Å²) in [7, 11) is 0. The lowest BCUT2D eigenvalue weighted by Crippen LogP contribution is -2.32. The maximum Gasteiger partial charge on any atom is 0.225 e. The fourth-order valence-electron chi connectivity index (χ4n) is 4.24. The van der Waals surface area contributed by atoms with Crippen LogP contribution in [0.15, 0.2) is 85.3 Å². The largest absolute Gasteiger partial charge is 0.352 e. The van der Waals surface area contributed by atoms with E-state index in [0.717, 1.165) is 22.6 Å². The zero-order valence-electron chi connectivity index (χ0n) is 18.5. The molecule has 172 valence electrons. The predicted molar refractivity (Wildman–Crippen MR) is 125 cm³/mol. The molecule has 2 aromatic carbocycles. The molecule has 0 unspecified atom stereocenters. The van der Waals surface area contributed by atoms with Crippen LogP contribution in [0, 0.1) is 11.7 Å². The first-order chi connectivity index (χ1) is 16.6. The van der Waals surface area contributed by atoms with Crippen LogP contribution >= 0.6 is 0 Å². The molecule has 5 rings (SSSR count). The van der Waals surface area contributed by atoms with E-state index < -0.39 is 5.92 Å². The van der Waals surface area contributed by atoms with Crippen molar-refractivity contribution < 1.29 is 14.0 Å². The summed E-state index contributed by atoms with van der Waals surface area (Å²) in [6.07, 6.45) is 5.83. The van der Waals surface area contributed by atoms with E-state index in [9.17, 15) is 14.0 Å². The molecule has 7 nitrogen and oxygen atoms in total. The monoisotopic (exact) mass is 457 g/mol. The molecule has 1 aliphatic rings. The molecule has 0 bridgehead atoms. The molecule has 1 saturated heterocycles. The fourth-order valence-corrected chi connectivity index (χ4v) is 4.24. The molecule has 8 heteroatoms. The number of rotatable bonds is 7. The summed E-state index contributed by atoms with van der Waals surface area (Å²) in [5, 5.41) is 7.45. The number of hydrogen-bond donors (Lipinski definition) is 1. The van der Waals surface area contributed by atoms with E-state index in [1.807, 2.05) is 64.1 Å². The van der Waals surface area contributed by atoms with Gasteiger partial charge in [-0.05, 0) is 42.0 Å². The van der Waals surface area contributed by atoms with Crippen LogP contribution in [0.25, 0.3) is 11.5 Å². The summed E-state index contributed by atoms with van der Waals surface area (Å²) in [6, 6.07) is 19.7. The second kappa shape index (κ2) is 9.35. The van der Waals surface area contributed by atoms with Gasteiger partial charge in [0.1, 0.15) is 11.6 Å². The maximum atomic E-state index is 13.1. The van der Waals surface area contributed by atoms with Gasteiger partial charge >= 0.3 is 0 Å². The van der Waals surface area contributed by atoms with Gasteiger partial charge in [0.15, 0.2) is 0 Å². The highest BCUT2D eigenvalue weighted by atomic mass is 19.1. The van der Waals surface area contributed by atoms with E-state index >= 15 is 0 Å². The Morgan fingerprint density at radius 1 is 1.03 bits per heavy atom. The Hall–Kier alpha value is -4.20. The summed E-state index contributed by atoms with van der Waals surface area (Å²) in [4.78, 5) is 27.1. The Labute approximate surface area is 196 Å². The lowest BCUT2D eigenvalue weighted by molar-refractivity contribution is -0.129.